The Labute approximate surface area is 202 Å². The number of aromatic nitrogens is 3. The van der Waals surface area contributed by atoms with Gasteiger partial charge in [0.05, 0.1) is 11.3 Å². The minimum atomic E-state index is -0.366. The molecular weight excluding hydrogens is 452 g/mol. The topological polar surface area (TPSA) is 101 Å². The van der Waals surface area contributed by atoms with Gasteiger partial charge in [-0.1, -0.05) is 17.7 Å². The molecule has 0 fully saturated rings. The normalized spacial score (nSPS) is 10.5. The molecule has 2 amide bonds. The summed E-state index contributed by atoms with van der Waals surface area (Å²) in [6.45, 7) is 3.84. The number of urea groups is 1. The maximum Gasteiger partial charge on any atom is 0.323 e. The fourth-order valence-electron chi connectivity index (χ4n) is 3.29. The van der Waals surface area contributed by atoms with Crippen molar-refractivity contribution in [2.75, 3.05) is 23.0 Å². The van der Waals surface area contributed by atoms with Crippen LogP contribution >= 0.6 is 11.6 Å². The Bertz CT molecular complexity index is 1340. The van der Waals surface area contributed by atoms with Crippen molar-refractivity contribution < 1.29 is 9.53 Å². The first-order chi connectivity index (χ1) is 16.4. The molecule has 34 heavy (non-hydrogen) atoms. The molecule has 0 aliphatic carbocycles. The highest BCUT2D eigenvalue weighted by atomic mass is 35.5. The van der Waals surface area contributed by atoms with E-state index in [4.69, 9.17) is 16.3 Å². The van der Waals surface area contributed by atoms with Gasteiger partial charge in [-0.15, -0.1) is 0 Å². The Kier molecular flexibility index (Phi) is 6.89. The van der Waals surface area contributed by atoms with E-state index in [1.165, 1.54) is 0 Å². The molecule has 172 valence electrons. The highest BCUT2D eigenvalue weighted by Crippen LogP contribution is 2.34. The third-order valence-electron chi connectivity index (χ3n) is 5.20. The second kappa shape index (κ2) is 10.2. The monoisotopic (exact) mass is 474 g/mol. The van der Waals surface area contributed by atoms with Crippen LogP contribution in [0.5, 0.6) is 11.6 Å². The quantitative estimate of drug-likeness (QED) is 0.303. The fraction of sp³-hybridized carbons (Fsp3) is 0.120. The molecule has 3 N–H and O–H groups in total. The number of halogens is 1. The van der Waals surface area contributed by atoms with Gasteiger partial charge >= 0.3 is 6.03 Å². The van der Waals surface area contributed by atoms with Crippen LogP contribution in [0.2, 0.25) is 5.02 Å². The molecule has 0 bridgehead atoms. The molecule has 0 saturated carbocycles. The van der Waals surface area contributed by atoms with Crippen LogP contribution in [-0.2, 0) is 0 Å². The first kappa shape index (κ1) is 23.0. The van der Waals surface area contributed by atoms with Gasteiger partial charge < -0.3 is 20.7 Å². The molecule has 9 heteroatoms. The Morgan fingerprint density at radius 3 is 2.59 bits per heavy atom. The van der Waals surface area contributed by atoms with E-state index in [-0.39, 0.29) is 6.03 Å². The van der Waals surface area contributed by atoms with E-state index >= 15 is 0 Å². The van der Waals surface area contributed by atoms with Gasteiger partial charge in [-0.3, -0.25) is 0 Å². The molecule has 0 spiro atoms. The van der Waals surface area contributed by atoms with E-state index < -0.39 is 0 Å². The SMILES string of the molecule is CNc1nccc(-c2cccnc2Oc2ccc(NC(=O)Nc3cccc(Cl)c3)c(C)c2C)n1. The van der Waals surface area contributed by atoms with E-state index in [1.54, 1.807) is 61.9 Å². The molecule has 0 radical (unpaired) electrons. The predicted octanol–water partition coefficient (Wildman–Crippen LogP) is 6.29. The number of carbonyl (C=O) groups is 1. The molecule has 2 heterocycles. The molecule has 0 saturated heterocycles. The number of nitrogens with one attached hydrogen (secondary N) is 3. The number of pyridine rings is 1. The highest BCUT2D eigenvalue weighted by molar-refractivity contribution is 6.30. The lowest BCUT2D eigenvalue weighted by Gasteiger charge is -2.16. The molecule has 0 atom stereocenters. The number of hydrogen-bond donors (Lipinski definition) is 3. The Morgan fingerprint density at radius 1 is 0.941 bits per heavy atom. The summed E-state index contributed by atoms with van der Waals surface area (Å²) < 4.78 is 6.18. The fourth-order valence-corrected chi connectivity index (χ4v) is 3.48. The second-order valence-electron chi connectivity index (χ2n) is 7.42. The van der Waals surface area contributed by atoms with Crippen LogP contribution < -0.4 is 20.7 Å². The maximum atomic E-state index is 12.5. The summed E-state index contributed by atoms with van der Waals surface area (Å²) in [5.74, 6) is 1.55. The standard InChI is InChI=1S/C25H23ClN6O2/c1-15-16(2)22(10-9-20(15)32-25(33)30-18-7-4-6-17(26)14-18)34-23-19(8-5-12-28-23)21-11-13-29-24(27-3)31-21/h4-14H,1-3H3,(H,27,29,31)(H2,30,32,33). The van der Waals surface area contributed by atoms with Crippen molar-refractivity contribution in [1.29, 1.82) is 0 Å². The average molecular weight is 475 g/mol. The van der Waals surface area contributed by atoms with E-state index in [2.05, 4.69) is 30.9 Å². The smallest absolute Gasteiger partial charge is 0.323 e. The molecule has 2 aromatic carbocycles. The molecule has 4 aromatic rings. The Hall–Kier alpha value is -4.17. The van der Waals surface area contributed by atoms with Gasteiger partial charge in [0, 0.05) is 35.8 Å². The molecular formula is C25H23ClN6O2. The van der Waals surface area contributed by atoms with Crippen molar-refractivity contribution in [2.24, 2.45) is 0 Å². The van der Waals surface area contributed by atoms with E-state index in [1.807, 2.05) is 26.0 Å². The van der Waals surface area contributed by atoms with Gasteiger partial charge in [-0.25, -0.2) is 19.7 Å². The van der Waals surface area contributed by atoms with Crippen molar-refractivity contribution in [1.82, 2.24) is 15.0 Å². The first-order valence-electron chi connectivity index (χ1n) is 10.5. The van der Waals surface area contributed by atoms with Crippen LogP contribution in [0.4, 0.5) is 22.1 Å². The molecule has 8 nitrogen and oxygen atoms in total. The molecule has 0 unspecified atom stereocenters. The number of hydrogen-bond acceptors (Lipinski definition) is 6. The summed E-state index contributed by atoms with van der Waals surface area (Å²) >= 11 is 5.98. The molecule has 0 aliphatic rings. The van der Waals surface area contributed by atoms with Gasteiger partial charge in [0.25, 0.3) is 0 Å². The zero-order valence-corrected chi connectivity index (χ0v) is 19.6. The lowest BCUT2D eigenvalue weighted by molar-refractivity contribution is 0.262. The van der Waals surface area contributed by atoms with E-state index in [0.717, 1.165) is 16.7 Å². The van der Waals surface area contributed by atoms with Crippen molar-refractivity contribution in [2.45, 2.75) is 13.8 Å². The summed E-state index contributed by atoms with van der Waals surface area (Å²) in [6, 6.07) is 15.7. The zero-order chi connectivity index (χ0) is 24.1. The van der Waals surface area contributed by atoms with Gasteiger partial charge in [-0.05, 0) is 73.5 Å². The number of benzene rings is 2. The van der Waals surface area contributed by atoms with Gasteiger partial charge in [0.1, 0.15) is 5.75 Å². The molecule has 4 rings (SSSR count). The van der Waals surface area contributed by atoms with Crippen LogP contribution in [0.15, 0.2) is 67.0 Å². The summed E-state index contributed by atoms with van der Waals surface area (Å²) in [5, 5.41) is 9.12. The summed E-state index contributed by atoms with van der Waals surface area (Å²) in [7, 11) is 1.76. The Morgan fingerprint density at radius 2 is 1.79 bits per heavy atom. The van der Waals surface area contributed by atoms with Crippen LogP contribution in [0.3, 0.4) is 0 Å². The third kappa shape index (κ3) is 5.24. The molecule has 2 aromatic heterocycles. The number of nitrogens with zero attached hydrogens (tertiary/aromatic N) is 3. The summed E-state index contributed by atoms with van der Waals surface area (Å²) in [6.07, 6.45) is 3.34. The number of anilines is 3. The van der Waals surface area contributed by atoms with E-state index in [0.29, 0.717) is 39.7 Å². The number of amides is 2. The van der Waals surface area contributed by atoms with Crippen LogP contribution in [-0.4, -0.2) is 28.0 Å². The second-order valence-corrected chi connectivity index (χ2v) is 7.86. The Balaban J connectivity index is 1.55. The van der Waals surface area contributed by atoms with Crippen molar-refractivity contribution in [3.8, 4) is 22.9 Å². The van der Waals surface area contributed by atoms with Crippen LogP contribution in [0, 0.1) is 13.8 Å². The lowest BCUT2D eigenvalue weighted by atomic mass is 10.1. The molecule has 0 aliphatic heterocycles. The predicted molar refractivity (Wildman–Crippen MR) is 135 cm³/mol. The van der Waals surface area contributed by atoms with Gasteiger partial charge in [-0.2, -0.15) is 0 Å². The minimum Gasteiger partial charge on any atom is -0.438 e. The average Bonchev–Trinajstić information content (AvgIpc) is 2.84. The number of carbonyl (C=O) groups excluding carboxylic acids is 1. The number of ether oxygens (including phenoxy) is 1. The maximum absolute atomic E-state index is 12.5. The summed E-state index contributed by atoms with van der Waals surface area (Å²) in [5.41, 5.74) is 4.44. The minimum absolute atomic E-state index is 0.366. The zero-order valence-electron chi connectivity index (χ0n) is 18.9. The first-order valence-corrected chi connectivity index (χ1v) is 10.9. The van der Waals surface area contributed by atoms with Crippen molar-refractivity contribution >= 4 is 35.0 Å². The van der Waals surface area contributed by atoms with Crippen molar-refractivity contribution in [3.63, 3.8) is 0 Å². The van der Waals surface area contributed by atoms with Crippen LogP contribution in [0.25, 0.3) is 11.3 Å². The third-order valence-corrected chi connectivity index (χ3v) is 5.44. The lowest BCUT2D eigenvalue weighted by Crippen LogP contribution is -2.20. The van der Waals surface area contributed by atoms with Crippen molar-refractivity contribution in [3.05, 3.63) is 83.1 Å². The summed E-state index contributed by atoms with van der Waals surface area (Å²) in [4.78, 5) is 25.5. The van der Waals surface area contributed by atoms with Gasteiger partial charge in [0.2, 0.25) is 11.8 Å². The van der Waals surface area contributed by atoms with Crippen LogP contribution in [0.1, 0.15) is 11.1 Å². The number of rotatable bonds is 6. The van der Waals surface area contributed by atoms with Gasteiger partial charge in [0.15, 0.2) is 0 Å². The largest absolute Gasteiger partial charge is 0.438 e. The highest BCUT2D eigenvalue weighted by Gasteiger charge is 2.15. The van der Waals surface area contributed by atoms with E-state index in [9.17, 15) is 4.79 Å².